The molecule has 2 aromatic rings. The number of nitrogens with two attached hydrogens (primary N) is 1. The maximum atomic E-state index is 11.2. The van der Waals surface area contributed by atoms with E-state index in [1.165, 1.54) is 0 Å². The second-order valence-electron chi connectivity index (χ2n) is 3.12. The van der Waals surface area contributed by atoms with E-state index in [4.69, 9.17) is 5.73 Å². The summed E-state index contributed by atoms with van der Waals surface area (Å²) in [7, 11) is 0. The topological polar surface area (TPSA) is 56.0 Å². The Morgan fingerprint density at radius 2 is 1.75 bits per heavy atom. The van der Waals surface area contributed by atoms with Crippen molar-refractivity contribution in [2.45, 2.75) is 0 Å². The van der Waals surface area contributed by atoms with E-state index >= 15 is 0 Å². The SMILES string of the molecule is NC(=O)c1ccccc1-c1ccccn1.[Ir]. The van der Waals surface area contributed by atoms with Gasteiger partial charge in [-0.1, -0.05) is 24.3 Å². The Bertz CT molecular complexity index is 485. The molecule has 2 rings (SSSR count). The Balaban J connectivity index is 0.00000128. The number of amides is 1. The van der Waals surface area contributed by atoms with Crippen LogP contribution in [0.4, 0.5) is 0 Å². The van der Waals surface area contributed by atoms with Gasteiger partial charge in [0.15, 0.2) is 0 Å². The van der Waals surface area contributed by atoms with E-state index in [-0.39, 0.29) is 20.1 Å². The summed E-state index contributed by atoms with van der Waals surface area (Å²) in [5.41, 5.74) is 7.31. The number of nitrogens with zero attached hydrogens (tertiary/aromatic N) is 1. The largest absolute Gasteiger partial charge is 0.366 e. The number of carbonyl (C=O) groups is 1. The van der Waals surface area contributed by atoms with Crippen molar-refractivity contribution in [3.8, 4) is 11.3 Å². The fraction of sp³-hybridized carbons (Fsp3) is 0. The molecule has 0 spiro atoms. The van der Waals surface area contributed by atoms with Crippen LogP contribution in [0.1, 0.15) is 10.4 Å². The average Bonchev–Trinajstić information content (AvgIpc) is 2.30. The number of hydrogen-bond acceptors (Lipinski definition) is 2. The predicted molar refractivity (Wildman–Crippen MR) is 58.2 cm³/mol. The van der Waals surface area contributed by atoms with E-state index in [9.17, 15) is 4.79 Å². The Kier molecular flexibility index (Phi) is 4.35. The zero-order valence-electron chi connectivity index (χ0n) is 8.38. The van der Waals surface area contributed by atoms with Crippen molar-refractivity contribution >= 4 is 5.91 Å². The minimum atomic E-state index is -0.434. The number of hydrogen-bond donors (Lipinski definition) is 1. The zero-order chi connectivity index (χ0) is 10.7. The van der Waals surface area contributed by atoms with Crippen LogP contribution in [0.25, 0.3) is 11.3 Å². The molecule has 3 nitrogen and oxygen atoms in total. The number of rotatable bonds is 2. The third-order valence-corrected chi connectivity index (χ3v) is 2.13. The molecule has 2 N–H and O–H groups in total. The molecular formula is C12H10IrN2O. The van der Waals surface area contributed by atoms with E-state index in [0.29, 0.717) is 5.56 Å². The van der Waals surface area contributed by atoms with Gasteiger partial charge in [-0.3, -0.25) is 9.78 Å². The molecule has 0 aliphatic heterocycles. The van der Waals surface area contributed by atoms with Gasteiger partial charge in [-0.15, -0.1) is 0 Å². The Labute approximate surface area is 107 Å². The molecule has 1 aromatic heterocycles. The van der Waals surface area contributed by atoms with Crippen LogP contribution in [0.15, 0.2) is 48.7 Å². The van der Waals surface area contributed by atoms with Crippen LogP contribution in [0.5, 0.6) is 0 Å². The molecule has 16 heavy (non-hydrogen) atoms. The molecule has 0 aliphatic rings. The molecule has 4 heteroatoms. The molecule has 0 aliphatic carbocycles. The quantitative estimate of drug-likeness (QED) is 0.851. The van der Waals surface area contributed by atoms with Crippen molar-refractivity contribution in [2.24, 2.45) is 5.73 Å². The van der Waals surface area contributed by atoms with E-state index in [1.54, 1.807) is 18.3 Å². The van der Waals surface area contributed by atoms with Gasteiger partial charge in [0.1, 0.15) is 0 Å². The summed E-state index contributed by atoms with van der Waals surface area (Å²) >= 11 is 0. The molecule has 83 valence electrons. The second kappa shape index (κ2) is 5.54. The van der Waals surface area contributed by atoms with E-state index < -0.39 is 5.91 Å². The maximum absolute atomic E-state index is 11.2. The van der Waals surface area contributed by atoms with Gasteiger partial charge in [-0.25, -0.2) is 0 Å². The van der Waals surface area contributed by atoms with Crippen molar-refractivity contribution < 1.29 is 24.9 Å². The zero-order valence-corrected chi connectivity index (χ0v) is 10.8. The molecule has 0 fully saturated rings. The molecule has 1 heterocycles. The first-order valence-corrected chi connectivity index (χ1v) is 4.59. The monoisotopic (exact) mass is 391 g/mol. The molecule has 0 saturated heterocycles. The molecule has 1 radical (unpaired) electrons. The molecule has 1 aromatic carbocycles. The molecule has 0 atom stereocenters. The van der Waals surface area contributed by atoms with E-state index in [2.05, 4.69) is 4.98 Å². The molecule has 0 saturated carbocycles. The van der Waals surface area contributed by atoms with Gasteiger partial charge in [-0.2, -0.15) is 0 Å². The maximum Gasteiger partial charge on any atom is 0.249 e. The Morgan fingerprint density at radius 1 is 1.06 bits per heavy atom. The van der Waals surface area contributed by atoms with Gasteiger partial charge in [-0.05, 0) is 18.2 Å². The number of benzene rings is 1. The second-order valence-corrected chi connectivity index (χ2v) is 3.12. The summed E-state index contributed by atoms with van der Waals surface area (Å²) in [5, 5.41) is 0. The van der Waals surface area contributed by atoms with Crippen LogP contribution in [-0.4, -0.2) is 10.9 Å². The van der Waals surface area contributed by atoms with Crippen LogP contribution in [0.2, 0.25) is 0 Å². The Hall–Kier alpha value is -1.51. The van der Waals surface area contributed by atoms with Crippen LogP contribution in [0, 0.1) is 0 Å². The number of carbonyl (C=O) groups excluding carboxylic acids is 1. The van der Waals surface area contributed by atoms with E-state index in [1.807, 2.05) is 30.3 Å². The van der Waals surface area contributed by atoms with Crippen molar-refractivity contribution in [3.05, 3.63) is 54.2 Å². The molecule has 0 unspecified atom stereocenters. The minimum absolute atomic E-state index is 0. The summed E-state index contributed by atoms with van der Waals surface area (Å²) in [6, 6.07) is 12.7. The first-order valence-electron chi connectivity index (χ1n) is 4.59. The van der Waals surface area contributed by atoms with E-state index in [0.717, 1.165) is 11.3 Å². The van der Waals surface area contributed by atoms with Gasteiger partial charge in [0.25, 0.3) is 0 Å². The standard InChI is InChI=1S/C12H10N2O.Ir/c13-12(15)10-6-2-1-5-9(10)11-7-3-4-8-14-11;/h1-8H,(H2,13,15);. The van der Waals surface area contributed by atoms with Crippen molar-refractivity contribution in [2.75, 3.05) is 0 Å². The summed E-state index contributed by atoms with van der Waals surface area (Å²) < 4.78 is 0. The van der Waals surface area contributed by atoms with Crippen LogP contribution < -0.4 is 5.73 Å². The number of pyridine rings is 1. The Morgan fingerprint density at radius 3 is 2.38 bits per heavy atom. The average molecular weight is 390 g/mol. The summed E-state index contributed by atoms with van der Waals surface area (Å²) in [6.07, 6.45) is 1.69. The van der Waals surface area contributed by atoms with Gasteiger partial charge in [0, 0.05) is 37.4 Å². The van der Waals surface area contributed by atoms with Crippen molar-refractivity contribution in [1.82, 2.24) is 4.98 Å². The minimum Gasteiger partial charge on any atom is -0.366 e. The summed E-state index contributed by atoms with van der Waals surface area (Å²) in [5.74, 6) is -0.434. The smallest absolute Gasteiger partial charge is 0.249 e. The molecule has 1 amide bonds. The van der Waals surface area contributed by atoms with Gasteiger partial charge in [0.2, 0.25) is 5.91 Å². The summed E-state index contributed by atoms with van der Waals surface area (Å²) in [6.45, 7) is 0. The predicted octanol–water partition coefficient (Wildman–Crippen LogP) is 1.84. The van der Waals surface area contributed by atoms with Crippen molar-refractivity contribution in [1.29, 1.82) is 0 Å². The first kappa shape index (κ1) is 12.6. The van der Waals surface area contributed by atoms with Gasteiger partial charge >= 0.3 is 0 Å². The van der Waals surface area contributed by atoms with Crippen LogP contribution >= 0.6 is 0 Å². The normalized spacial score (nSPS) is 9.25. The first-order chi connectivity index (χ1) is 7.29. The summed E-state index contributed by atoms with van der Waals surface area (Å²) in [4.78, 5) is 15.4. The molecule has 0 bridgehead atoms. The van der Waals surface area contributed by atoms with Crippen LogP contribution in [-0.2, 0) is 20.1 Å². The fourth-order valence-electron chi connectivity index (χ4n) is 1.44. The van der Waals surface area contributed by atoms with Crippen molar-refractivity contribution in [3.63, 3.8) is 0 Å². The fourth-order valence-corrected chi connectivity index (χ4v) is 1.44. The third kappa shape index (κ3) is 2.54. The molecular weight excluding hydrogens is 380 g/mol. The van der Waals surface area contributed by atoms with Crippen LogP contribution in [0.3, 0.4) is 0 Å². The number of primary amides is 1. The van der Waals surface area contributed by atoms with Gasteiger partial charge < -0.3 is 5.73 Å². The van der Waals surface area contributed by atoms with Gasteiger partial charge in [0.05, 0.1) is 5.69 Å². The number of aromatic nitrogens is 1. The third-order valence-electron chi connectivity index (χ3n) is 2.13.